The molecule has 0 aliphatic rings. The first-order valence-electron chi connectivity index (χ1n) is 6.23. The highest BCUT2D eigenvalue weighted by molar-refractivity contribution is 5.76. The number of ether oxygens (including phenoxy) is 1. The first-order valence-corrected chi connectivity index (χ1v) is 6.23. The number of aryl methyl sites for hydroxylation is 1. The zero-order valence-corrected chi connectivity index (χ0v) is 11.3. The third-order valence-corrected chi connectivity index (χ3v) is 2.90. The maximum atomic E-state index is 11.5. The summed E-state index contributed by atoms with van der Waals surface area (Å²) in [6.45, 7) is 6.76. The quantitative estimate of drug-likeness (QED) is 0.805. The van der Waals surface area contributed by atoms with E-state index in [1.54, 1.807) is 0 Å². The van der Waals surface area contributed by atoms with Gasteiger partial charge in [0.1, 0.15) is 5.75 Å². The highest BCUT2D eigenvalue weighted by Gasteiger charge is 2.07. The molecule has 18 heavy (non-hydrogen) atoms. The molecule has 0 fully saturated rings. The van der Waals surface area contributed by atoms with Crippen molar-refractivity contribution in [3.8, 4) is 5.75 Å². The number of hydrogen-bond acceptors (Lipinski definition) is 3. The van der Waals surface area contributed by atoms with Crippen molar-refractivity contribution in [3.05, 3.63) is 29.3 Å². The van der Waals surface area contributed by atoms with Gasteiger partial charge in [0.2, 0.25) is 5.91 Å². The van der Waals surface area contributed by atoms with Gasteiger partial charge in [0.15, 0.2) is 0 Å². The number of rotatable bonds is 6. The minimum atomic E-state index is -0.0294. The smallest absolute Gasteiger partial charge is 0.223 e. The van der Waals surface area contributed by atoms with Gasteiger partial charge in [-0.05, 0) is 38.0 Å². The zero-order valence-electron chi connectivity index (χ0n) is 11.3. The Morgan fingerprint density at radius 3 is 2.83 bits per heavy atom. The summed E-state index contributed by atoms with van der Waals surface area (Å²) in [5.74, 6) is 0.813. The number of amides is 1. The van der Waals surface area contributed by atoms with Gasteiger partial charge in [-0.2, -0.15) is 0 Å². The summed E-state index contributed by atoms with van der Waals surface area (Å²) in [7, 11) is 0. The summed E-state index contributed by atoms with van der Waals surface area (Å²) in [5, 5.41) is 2.80. The lowest BCUT2D eigenvalue weighted by atomic mass is 10.1. The monoisotopic (exact) mass is 250 g/mol. The average Bonchev–Trinajstić information content (AvgIpc) is 2.34. The van der Waals surface area contributed by atoms with Crippen LogP contribution < -0.4 is 15.8 Å². The fourth-order valence-electron chi connectivity index (χ4n) is 1.54. The third-order valence-electron chi connectivity index (χ3n) is 2.90. The Bertz CT molecular complexity index is 405. The number of nitrogens with one attached hydrogen (secondary N) is 1. The van der Waals surface area contributed by atoms with E-state index in [-0.39, 0.29) is 11.9 Å². The second-order valence-corrected chi connectivity index (χ2v) is 4.50. The molecule has 0 bridgehead atoms. The first kappa shape index (κ1) is 14.5. The maximum Gasteiger partial charge on any atom is 0.223 e. The standard InChI is InChI=1S/C14H22N2O2/c1-10-5-4-6-13(12(10)3)18-8-7-14(17)16-11(2)9-15/h4-6,11H,7-9,15H2,1-3H3,(H,16,17)/t11-/m0/s1. The van der Waals surface area contributed by atoms with E-state index in [9.17, 15) is 4.79 Å². The van der Waals surface area contributed by atoms with Crippen molar-refractivity contribution in [1.82, 2.24) is 5.32 Å². The molecule has 0 heterocycles. The molecule has 100 valence electrons. The van der Waals surface area contributed by atoms with Crippen molar-refractivity contribution in [2.75, 3.05) is 13.2 Å². The number of carbonyl (C=O) groups is 1. The summed E-state index contributed by atoms with van der Waals surface area (Å²) in [5.41, 5.74) is 7.74. The fourth-order valence-corrected chi connectivity index (χ4v) is 1.54. The molecule has 0 radical (unpaired) electrons. The Morgan fingerprint density at radius 2 is 2.17 bits per heavy atom. The predicted octanol–water partition coefficient (Wildman–Crippen LogP) is 1.54. The summed E-state index contributed by atoms with van der Waals surface area (Å²) in [6, 6.07) is 5.92. The van der Waals surface area contributed by atoms with Crippen molar-refractivity contribution >= 4 is 5.91 Å². The number of benzene rings is 1. The van der Waals surface area contributed by atoms with Crippen LogP contribution in [0.4, 0.5) is 0 Å². The Balaban J connectivity index is 2.38. The normalized spacial score (nSPS) is 12.0. The molecule has 4 heteroatoms. The predicted molar refractivity (Wildman–Crippen MR) is 72.7 cm³/mol. The first-order chi connectivity index (χ1) is 8.54. The van der Waals surface area contributed by atoms with E-state index < -0.39 is 0 Å². The zero-order chi connectivity index (χ0) is 13.5. The minimum Gasteiger partial charge on any atom is -0.493 e. The summed E-state index contributed by atoms with van der Waals surface area (Å²) < 4.78 is 5.61. The molecule has 0 saturated heterocycles. The minimum absolute atomic E-state index is 0.0122. The second-order valence-electron chi connectivity index (χ2n) is 4.50. The highest BCUT2D eigenvalue weighted by Crippen LogP contribution is 2.20. The van der Waals surface area contributed by atoms with E-state index in [2.05, 4.69) is 5.32 Å². The van der Waals surface area contributed by atoms with E-state index in [0.29, 0.717) is 19.6 Å². The van der Waals surface area contributed by atoms with Crippen molar-refractivity contribution in [2.45, 2.75) is 33.2 Å². The van der Waals surface area contributed by atoms with Crippen molar-refractivity contribution in [3.63, 3.8) is 0 Å². The van der Waals surface area contributed by atoms with Crippen molar-refractivity contribution < 1.29 is 9.53 Å². The molecule has 0 saturated carbocycles. The molecule has 0 aromatic heterocycles. The SMILES string of the molecule is Cc1cccc(OCCC(=O)N[C@@H](C)CN)c1C. The van der Waals surface area contributed by atoms with Crippen molar-refractivity contribution in [1.29, 1.82) is 0 Å². The topological polar surface area (TPSA) is 64.3 Å². The van der Waals surface area contributed by atoms with Gasteiger partial charge in [0.25, 0.3) is 0 Å². The molecule has 1 amide bonds. The summed E-state index contributed by atoms with van der Waals surface area (Å²) >= 11 is 0. The summed E-state index contributed by atoms with van der Waals surface area (Å²) in [6.07, 6.45) is 0.345. The van der Waals surface area contributed by atoms with E-state index in [0.717, 1.165) is 11.3 Å². The molecular formula is C14H22N2O2. The highest BCUT2D eigenvalue weighted by atomic mass is 16.5. The van der Waals surface area contributed by atoms with Gasteiger partial charge in [-0.25, -0.2) is 0 Å². The van der Waals surface area contributed by atoms with E-state index in [4.69, 9.17) is 10.5 Å². The molecule has 1 aromatic carbocycles. The van der Waals surface area contributed by atoms with Gasteiger partial charge in [0.05, 0.1) is 13.0 Å². The Morgan fingerprint density at radius 1 is 1.44 bits per heavy atom. The lowest BCUT2D eigenvalue weighted by molar-refractivity contribution is -0.122. The van der Waals surface area contributed by atoms with Crippen LogP contribution in [0.5, 0.6) is 5.75 Å². The Labute approximate surface area is 109 Å². The van der Waals surface area contributed by atoms with Crippen LogP contribution >= 0.6 is 0 Å². The van der Waals surface area contributed by atoms with Gasteiger partial charge < -0.3 is 15.8 Å². The van der Waals surface area contributed by atoms with Gasteiger partial charge in [-0.1, -0.05) is 12.1 Å². The van der Waals surface area contributed by atoms with E-state index in [1.807, 2.05) is 39.0 Å². The van der Waals surface area contributed by atoms with Gasteiger partial charge in [-0.15, -0.1) is 0 Å². The molecule has 0 aliphatic carbocycles. The van der Waals surface area contributed by atoms with Crippen LogP contribution in [-0.4, -0.2) is 25.1 Å². The lowest BCUT2D eigenvalue weighted by Crippen LogP contribution is -2.38. The number of hydrogen-bond donors (Lipinski definition) is 2. The van der Waals surface area contributed by atoms with Gasteiger partial charge >= 0.3 is 0 Å². The van der Waals surface area contributed by atoms with Crippen LogP contribution in [0.3, 0.4) is 0 Å². The second kappa shape index (κ2) is 7.01. The summed E-state index contributed by atoms with van der Waals surface area (Å²) in [4.78, 5) is 11.5. The molecule has 0 spiro atoms. The molecule has 1 aromatic rings. The van der Waals surface area contributed by atoms with Crippen LogP contribution in [0, 0.1) is 13.8 Å². The fraction of sp³-hybridized carbons (Fsp3) is 0.500. The average molecular weight is 250 g/mol. The van der Waals surface area contributed by atoms with E-state index in [1.165, 1.54) is 5.56 Å². The van der Waals surface area contributed by atoms with Crippen LogP contribution in [0.15, 0.2) is 18.2 Å². The molecule has 4 nitrogen and oxygen atoms in total. The number of nitrogens with two attached hydrogens (primary N) is 1. The molecule has 3 N–H and O–H groups in total. The number of carbonyl (C=O) groups excluding carboxylic acids is 1. The molecule has 1 atom stereocenters. The molecule has 0 aliphatic heterocycles. The van der Waals surface area contributed by atoms with Crippen LogP contribution in [0.2, 0.25) is 0 Å². The van der Waals surface area contributed by atoms with Gasteiger partial charge in [0, 0.05) is 12.6 Å². The molecular weight excluding hydrogens is 228 g/mol. The third kappa shape index (κ3) is 4.37. The van der Waals surface area contributed by atoms with Gasteiger partial charge in [-0.3, -0.25) is 4.79 Å². The maximum absolute atomic E-state index is 11.5. The van der Waals surface area contributed by atoms with E-state index >= 15 is 0 Å². The van der Waals surface area contributed by atoms with Crippen LogP contribution in [-0.2, 0) is 4.79 Å². The largest absolute Gasteiger partial charge is 0.493 e. The Kier molecular flexibility index (Phi) is 5.65. The lowest BCUT2D eigenvalue weighted by Gasteiger charge is -2.13. The van der Waals surface area contributed by atoms with Crippen LogP contribution in [0.1, 0.15) is 24.5 Å². The van der Waals surface area contributed by atoms with Crippen molar-refractivity contribution in [2.24, 2.45) is 5.73 Å². The molecule has 1 rings (SSSR count). The Hall–Kier alpha value is -1.55. The van der Waals surface area contributed by atoms with Crippen LogP contribution in [0.25, 0.3) is 0 Å². The molecule has 0 unspecified atom stereocenters.